The molecule has 6 N–H and O–H groups in total. The molecule has 0 spiro atoms. The average molecular weight is 337 g/mol. The van der Waals surface area contributed by atoms with Gasteiger partial charge in [0.05, 0.1) is 29.7 Å². The van der Waals surface area contributed by atoms with Gasteiger partial charge in [0.25, 0.3) is 0 Å². The second kappa shape index (κ2) is 7.78. The first-order chi connectivity index (χ1) is 11.9. The van der Waals surface area contributed by atoms with Crippen LogP contribution in [0.25, 0.3) is 0 Å². The third kappa shape index (κ3) is 4.44. The third-order valence-corrected chi connectivity index (χ3v) is 3.49. The molecule has 0 atom stereocenters. The van der Waals surface area contributed by atoms with Crippen molar-refractivity contribution in [2.75, 3.05) is 10.7 Å². The van der Waals surface area contributed by atoms with Gasteiger partial charge >= 0.3 is 5.97 Å². The molecule has 0 bridgehead atoms. The molecule has 0 fully saturated rings. The van der Waals surface area contributed by atoms with E-state index in [9.17, 15) is 4.79 Å². The van der Waals surface area contributed by atoms with Crippen LogP contribution in [0.4, 0.5) is 11.4 Å². The summed E-state index contributed by atoms with van der Waals surface area (Å²) in [6.45, 7) is 3.50. The van der Waals surface area contributed by atoms with E-state index in [2.05, 4.69) is 11.8 Å². The number of nitrogens with zero attached hydrogens (tertiary/aromatic N) is 2. The summed E-state index contributed by atoms with van der Waals surface area (Å²) in [6, 6.07) is 13.7. The van der Waals surface area contributed by atoms with Crippen molar-refractivity contribution in [3.8, 4) is 0 Å². The number of nitrogen functional groups attached to an aromatic ring is 1. The number of para-hydroxylation sites is 1. The molecule has 2 rings (SSSR count). The first-order valence-electron chi connectivity index (χ1n) is 7.40. The Morgan fingerprint density at radius 1 is 1.24 bits per heavy atom. The molecule has 7 heteroatoms. The Morgan fingerprint density at radius 3 is 2.44 bits per heavy atom. The fourth-order valence-electron chi connectivity index (χ4n) is 2.21. The van der Waals surface area contributed by atoms with Gasteiger partial charge < -0.3 is 16.6 Å². The Balaban J connectivity index is 2.24. The molecule has 2 aromatic rings. The molecule has 2 aromatic carbocycles. The van der Waals surface area contributed by atoms with E-state index in [-0.39, 0.29) is 17.8 Å². The maximum atomic E-state index is 10.7. The maximum Gasteiger partial charge on any atom is 0.307 e. The van der Waals surface area contributed by atoms with Gasteiger partial charge in [-0.2, -0.15) is 5.10 Å². The molecule has 0 aliphatic rings. The van der Waals surface area contributed by atoms with E-state index >= 15 is 0 Å². The minimum Gasteiger partial charge on any atom is -0.481 e. The zero-order valence-electron chi connectivity index (χ0n) is 13.5. The molecular weight excluding hydrogens is 318 g/mol. The van der Waals surface area contributed by atoms with Crippen LogP contribution in [0.1, 0.15) is 11.1 Å². The van der Waals surface area contributed by atoms with Gasteiger partial charge in [-0.05, 0) is 23.8 Å². The molecule has 128 valence electrons. The second-order valence-corrected chi connectivity index (χ2v) is 5.27. The minimum absolute atomic E-state index is 0.0578. The topological polar surface area (TPSA) is 129 Å². The lowest BCUT2D eigenvalue weighted by Crippen LogP contribution is -2.18. The number of allylic oxidation sites excluding steroid dienone is 1. The average Bonchev–Trinajstić information content (AvgIpc) is 2.59. The summed E-state index contributed by atoms with van der Waals surface area (Å²) >= 11 is 0. The predicted molar refractivity (Wildman–Crippen MR) is 99.8 cm³/mol. The highest BCUT2D eigenvalue weighted by molar-refractivity contribution is 6.13. The quantitative estimate of drug-likeness (QED) is 0.350. The highest BCUT2D eigenvalue weighted by atomic mass is 16.4. The summed E-state index contributed by atoms with van der Waals surface area (Å²) in [5.74, 6) is -0.899. The number of hydrogen-bond donors (Lipinski definition) is 4. The Hall–Kier alpha value is -3.61. The SMILES string of the molecule is C=NN(/C=C(\N)C(=N)c1ccccc1N)c1ccc(CC(=O)O)cc1. The fraction of sp³-hybridized carbons (Fsp3) is 0.0556. The number of carboxylic acid groups (broad SMARTS) is 1. The van der Waals surface area contributed by atoms with Crippen LogP contribution in [-0.4, -0.2) is 23.5 Å². The minimum atomic E-state index is -0.899. The predicted octanol–water partition coefficient (Wildman–Crippen LogP) is 2.19. The van der Waals surface area contributed by atoms with Gasteiger partial charge in [0.2, 0.25) is 0 Å². The largest absolute Gasteiger partial charge is 0.481 e. The number of hydrazone groups is 1. The van der Waals surface area contributed by atoms with Crippen molar-refractivity contribution in [1.29, 1.82) is 5.41 Å². The van der Waals surface area contributed by atoms with E-state index in [4.69, 9.17) is 22.0 Å². The molecule has 0 amide bonds. The molecule has 0 saturated carbocycles. The zero-order valence-corrected chi connectivity index (χ0v) is 13.5. The number of rotatable bonds is 7. The van der Waals surface area contributed by atoms with Crippen LogP contribution in [0.5, 0.6) is 0 Å². The number of nitrogens with two attached hydrogens (primary N) is 2. The number of carbonyl (C=O) groups is 1. The summed E-state index contributed by atoms with van der Waals surface area (Å²) in [5, 5.41) is 22.3. The number of aliphatic carboxylic acids is 1. The van der Waals surface area contributed by atoms with Crippen molar-refractivity contribution in [2.24, 2.45) is 10.8 Å². The standard InChI is InChI=1S/C18H19N5O2/c1-22-23(13-8-6-12(7-9-13)10-17(24)25)11-16(20)18(21)14-4-2-3-5-15(14)19/h2-9,11,21H,1,10,19-20H2,(H,24,25)/b16-11-,21-18?. The van der Waals surface area contributed by atoms with Crippen molar-refractivity contribution < 1.29 is 9.90 Å². The molecule has 0 saturated heterocycles. The molecule has 0 aromatic heterocycles. The molecular formula is C18H19N5O2. The monoisotopic (exact) mass is 337 g/mol. The van der Waals surface area contributed by atoms with Crippen molar-refractivity contribution in [1.82, 2.24) is 0 Å². The highest BCUT2D eigenvalue weighted by Gasteiger charge is 2.10. The van der Waals surface area contributed by atoms with E-state index in [1.54, 1.807) is 48.5 Å². The molecule has 7 nitrogen and oxygen atoms in total. The van der Waals surface area contributed by atoms with Crippen LogP contribution in [0.2, 0.25) is 0 Å². The van der Waals surface area contributed by atoms with Crippen LogP contribution < -0.4 is 16.5 Å². The highest BCUT2D eigenvalue weighted by Crippen LogP contribution is 2.19. The van der Waals surface area contributed by atoms with E-state index in [0.717, 1.165) is 0 Å². The van der Waals surface area contributed by atoms with Crippen molar-refractivity contribution in [3.05, 3.63) is 71.6 Å². The van der Waals surface area contributed by atoms with E-state index in [1.807, 2.05) is 0 Å². The zero-order chi connectivity index (χ0) is 18.4. The Kier molecular flexibility index (Phi) is 5.52. The van der Waals surface area contributed by atoms with Gasteiger partial charge in [-0.15, -0.1) is 0 Å². The number of hydrogen-bond acceptors (Lipinski definition) is 6. The first kappa shape index (κ1) is 17.7. The Labute approximate surface area is 145 Å². The summed E-state index contributed by atoms with van der Waals surface area (Å²) in [5.41, 5.74) is 14.4. The van der Waals surface area contributed by atoms with Gasteiger partial charge in [0.15, 0.2) is 0 Å². The van der Waals surface area contributed by atoms with Gasteiger partial charge in [-0.3, -0.25) is 10.2 Å². The number of benzene rings is 2. The number of anilines is 2. The van der Waals surface area contributed by atoms with Crippen molar-refractivity contribution in [2.45, 2.75) is 6.42 Å². The second-order valence-electron chi connectivity index (χ2n) is 5.27. The Bertz CT molecular complexity index is 828. The first-order valence-corrected chi connectivity index (χ1v) is 7.40. The summed E-state index contributed by atoms with van der Waals surface area (Å²) < 4.78 is 0. The lowest BCUT2D eigenvalue weighted by Gasteiger charge is -2.16. The van der Waals surface area contributed by atoms with E-state index in [0.29, 0.717) is 22.5 Å². The third-order valence-electron chi connectivity index (χ3n) is 3.49. The van der Waals surface area contributed by atoms with Crippen LogP contribution in [0, 0.1) is 5.41 Å². The van der Waals surface area contributed by atoms with Crippen LogP contribution in [-0.2, 0) is 11.2 Å². The van der Waals surface area contributed by atoms with E-state index in [1.165, 1.54) is 11.2 Å². The number of carboxylic acids is 1. The normalized spacial score (nSPS) is 11.0. The molecule has 0 aliphatic carbocycles. The summed E-state index contributed by atoms with van der Waals surface area (Å²) in [6.07, 6.45) is 1.41. The molecule has 25 heavy (non-hydrogen) atoms. The van der Waals surface area contributed by atoms with Crippen LogP contribution >= 0.6 is 0 Å². The molecule has 0 aliphatic heterocycles. The van der Waals surface area contributed by atoms with Gasteiger partial charge in [-0.25, -0.2) is 5.01 Å². The van der Waals surface area contributed by atoms with Crippen molar-refractivity contribution in [3.63, 3.8) is 0 Å². The summed E-state index contributed by atoms with van der Waals surface area (Å²) in [4.78, 5) is 10.7. The lowest BCUT2D eigenvalue weighted by molar-refractivity contribution is -0.136. The fourth-order valence-corrected chi connectivity index (χ4v) is 2.21. The molecule has 0 heterocycles. The van der Waals surface area contributed by atoms with Crippen LogP contribution in [0.3, 0.4) is 0 Å². The van der Waals surface area contributed by atoms with Gasteiger partial charge in [0, 0.05) is 18.0 Å². The van der Waals surface area contributed by atoms with E-state index < -0.39 is 5.97 Å². The van der Waals surface area contributed by atoms with Gasteiger partial charge in [-0.1, -0.05) is 30.3 Å². The smallest absolute Gasteiger partial charge is 0.307 e. The van der Waals surface area contributed by atoms with Gasteiger partial charge in [0.1, 0.15) is 0 Å². The van der Waals surface area contributed by atoms with Crippen molar-refractivity contribution >= 4 is 29.8 Å². The maximum absolute atomic E-state index is 10.7. The molecule has 0 radical (unpaired) electrons. The lowest BCUT2D eigenvalue weighted by atomic mass is 10.1. The number of nitrogens with one attached hydrogen (secondary N) is 1. The summed E-state index contributed by atoms with van der Waals surface area (Å²) in [7, 11) is 0. The molecule has 0 unspecified atom stereocenters. The Morgan fingerprint density at radius 2 is 1.88 bits per heavy atom. The van der Waals surface area contributed by atoms with Crippen LogP contribution in [0.15, 0.2) is 65.5 Å².